The first-order chi connectivity index (χ1) is 9.51. The van der Waals surface area contributed by atoms with Crippen molar-refractivity contribution >= 4 is 11.6 Å². The lowest BCUT2D eigenvalue weighted by Gasteiger charge is -2.12. The molecule has 0 amide bonds. The second kappa shape index (κ2) is 6.20. The Balaban J connectivity index is 2.36. The number of benzene rings is 2. The number of aryl methyl sites for hydroxylation is 1. The lowest BCUT2D eigenvalue weighted by atomic mass is 10.2. The molecule has 0 unspecified atom stereocenters. The van der Waals surface area contributed by atoms with E-state index in [-0.39, 0.29) is 0 Å². The fourth-order valence-corrected chi connectivity index (χ4v) is 1.97. The molecule has 0 spiro atoms. The van der Waals surface area contributed by atoms with Gasteiger partial charge >= 0.3 is 0 Å². The number of hydrogen-bond acceptors (Lipinski definition) is 2. The third-order valence-corrected chi connectivity index (χ3v) is 3.04. The Bertz CT molecular complexity index is 608. The minimum Gasteiger partial charge on any atom is -0.451 e. The molecule has 0 aromatic heterocycles. The SMILES string of the molecule is CNCc1cc(F)c(Oc2cc(Cl)ccc2C)c(F)c1. The van der Waals surface area contributed by atoms with Crippen molar-refractivity contribution in [1.29, 1.82) is 0 Å². The van der Waals surface area contributed by atoms with E-state index in [0.29, 0.717) is 22.9 Å². The molecular weight excluding hydrogens is 284 g/mol. The molecule has 0 aliphatic heterocycles. The highest BCUT2D eigenvalue weighted by Crippen LogP contribution is 2.32. The van der Waals surface area contributed by atoms with E-state index < -0.39 is 17.4 Å². The van der Waals surface area contributed by atoms with Gasteiger partial charge in [-0.3, -0.25) is 0 Å². The van der Waals surface area contributed by atoms with Gasteiger partial charge in [-0.1, -0.05) is 17.7 Å². The second-order valence-electron chi connectivity index (χ2n) is 4.43. The number of nitrogens with one attached hydrogen (secondary N) is 1. The van der Waals surface area contributed by atoms with Crippen molar-refractivity contribution in [2.45, 2.75) is 13.5 Å². The fraction of sp³-hybridized carbons (Fsp3) is 0.200. The highest BCUT2D eigenvalue weighted by Gasteiger charge is 2.14. The molecule has 0 saturated carbocycles. The zero-order chi connectivity index (χ0) is 14.7. The standard InChI is InChI=1S/C15H14ClF2NO/c1-9-3-4-11(16)7-14(9)20-15-12(17)5-10(8-19-2)6-13(15)18/h3-7,19H,8H2,1-2H3. The Labute approximate surface area is 121 Å². The Hall–Kier alpha value is -1.65. The molecule has 0 bridgehead atoms. The van der Waals surface area contributed by atoms with Gasteiger partial charge in [0.2, 0.25) is 0 Å². The lowest BCUT2D eigenvalue weighted by Crippen LogP contribution is -2.06. The molecule has 0 atom stereocenters. The van der Waals surface area contributed by atoms with Crippen LogP contribution in [0.1, 0.15) is 11.1 Å². The molecule has 0 fully saturated rings. The molecule has 2 nitrogen and oxygen atoms in total. The van der Waals surface area contributed by atoms with Gasteiger partial charge in [-0.2, -0.15) is 0 Å². The molecule has 106 valence electrons. The zero-order valence-electron chi connectivity index (χ0n) is 11.1. The third-order valence-electron chi connectivity index (χ3n) is 2.80. The van der Waals surface area contributed by atoms with Gasteiger partial charge in [-0.25, -0.2) is 8.78 Å². The van der Waals surface area contributed by atoms with Crippen LogP contribution in [0.3, 0.4) is 0 Å². The van der Waals surface area contributed by atoms with Crippen molar-refractivity contribution in [2.75, 3.05) is 7.05 Å². The quantitative estimate of drug-likeness (QED) is 0.901. The van der Waals surface area contributed by atoms with Crippen LogP contribution in [-0.4, -0.2) is 7.05 Å². The largest absolute Gasteiger partial charge is 0.451 e. The van der Waals surface area contributed by atoms with E-state index in [2.05, 4.69) is 5.32 Å². The fourth-order valence-electron chi connectivity index (χ4n) is 1.81. The predicted molar refractivity (Wildman–Crippen MR) is 75.4 cm³/mol. The topological polar surface area (TPSA) is 21.3 Å². The summed E-state index contributed by atoms with van der Waals surface area (Å²) in [4.78, 5) is 0. The predicted octanol–water partition coefficient (Wildman–Crippen LogP) is 4.44. The highest BCUT2D eigenvalue weighted by atomic mass is 35.5. The van der Waals surface area contributed by atoms with Crippen LogP contribution in [0, 0.1) is 18.6 Å². The normalized spacial score (nSPS) is 10.7. The number of rotatable bonds is 4. The second-order valence-corrected chi connectivity index (χ2v) is 4.87. The van der Waals surface area contributed by atoms with Gasteiger partial charge in [0.05, 0.1) is 0 Å². The Morgan fingerprint density at radius 1 is 1.15 bits per heavy atom. The van der Waals surface area contributed by atoms with E-state index in [9.17, 15) is 8.78 Å². The summed E-state index contributed by atoms with van der Waals surface area (Å²) >= 11 is 5.85. The molecule has 0 aliphatic carbocycles. The summed E-state index contributed by atoms with van der Waals surface area (Å²) < 4.78 is 33.2. The van der Waals surface area contributed by atoms with Crippen molar-refractivity contribution in [3.05, 3.63) is 58.1 Å². The van der Waals surface area contributed by atoms with Gasteiger partial charge in [0.1, 0.15) is 5.75 Å². The first-order valence-corrected chi connectivity index (χ1v) is 6.45. The molecule has 0 radical (unpaired) electrons. The summed E-state index contributed by atoms with van der Waals surface area (Å²) in [5, 5.41) is 3.28. The Morgan fingerprint density at radius 2 is 1.80 bits per heavy atom. The molecule has 20 heavy (non-hydrogen) atoms. The first-order valence-electron chi connectivity index (χ1n) is 6.08. The molecule has 0 saturated heterocycles. The van der Waals surface area contributed by atoms with Gasteiger partial charge in [-0.15, -0.1) is 0 Å². The van der Waals surface area contributed by atoms with Crippen LogP contribution >= 0.6 is 11.6 Å². The minimum absolute atomic E-state index is 0.330. The summed E-state index contributed by atoms with van der Waals surface area (Å²) in [6, 6.07) is 7.43. The smallest absolute Gasteiger partial charge is 0.198 e. The van der Waals surface area contributed by atoms with Crippen LogP contribution < -0.4 is 10.1 Å². The van der Waals surface area contributed by atoms with Gasteiger partial charge in [0.15, 0.2) is 17.4 Å². The minimum atomic E-state index is -0.741. The molecule has 0 aliphatic rings. The van der Waals surface area contributed by atoms with Gasteiger partial charge in [-0.05, 0) is 49.4 Å². The average Bonchev–Trinajstić information content (AvgIpc) is 2.38. The summed E-state index contributed by atoms with van der Waals surface area (Å²) in [6.45, 7) is 2.15. The Kier molecular flexibility index (Phi) is 4.57. The van der Waals surface area contributed by atoms with E-state index >= 15 is 0 Å². The van der Waals surface area contributed by atoms with Crippen molar-refractivity contribution in [3.63, 3.8) is 0 Å². The van der Waals surface area contributed by atoms with Crippen LogP contribution in [0.4, 0.5) is 8.78 Å². The van der Waals surface area contributed by atoms with E-state index in [0.717, 1.165) is 5.56 Å². The van der Waals surface area contributed by atoms with Crippen LogP contribution in [0.25, 0.3) is 0 Å². The van der Waals surface area contributed by atoms with E-state index in [1.807, 2.05) is 0 Å². The lowest BCUT2D eigenvalue weighted by molar-refractivity contribution is 0.404. The summed E-state index contributed by atoms with van der Waals surface area (Å²) in [5.41, 5.74) is 1.25. The summed E-state index contributed by atoms with van der Waals surface area (Å²) in [6.07, 6.45) is 0. The maximum absolute atomic E-state index is 13.9. The van der Waals surface area contributed by atoms with Crippen molar-refractivity contribution in [1.82, 2.24) is 5.32 Å². The Morgan fingerprint density at radius 3 is 2.40 bits per heavy atom. The molecule has 2 rings (SSSR count). The number of halogens is 3. The van der Waals surface area contributed by atoms with E-state index in [4.69, 9.17) is 16.3 Å². The van der Waals surface area contributed by atoms with Crippen LogP contribution in [0.5, 0.6) is 11.5 Å². The molecule has 2 aromatic rings. The third kappa shape index (κ3) is 3.26. The molecule has 0 heterocycles. The highest BCUT2D eigenvalue weighted by molar-refractivity contribution is 6.30. The maximum atomic E-state index is 13.9. The first kappa shape index (κ1) is 14.8. The summed E-state index contributed by atoms with van der Waals surface area (Å²) in [5.74, 6) is -1.57. The van der Waals surface area contributed by atoms with Crippen LogP contribution in [0.15, 0.2) is 30.3 Å². The molecule has 1 N–H and O–H groups in total. The van der Waals surface area contributed by atoms with Gasteiger partial charge in [0, 0.05) is 11.6 Å². The average molecular weight is 298 g/mol. The monoisotopic (exact) mass is 297 g/mol. The van der Waals surface area contributed by atoms with Crippen LogP contribution in [0.2, 0.25) is 5.02 Å². The van der Waals surface area contributed by atoms with Gasteiger partial charge < -0.3 is 10.1 Å². The zero-order valence-corrected chi connectivity index (χ0v) is 11.9. The maximum Gasteiger partial charge on any atom is 0.198 e. The molecule has 5 heteroatoms. The number of ether oxygens (including phenoxy) is 1. The van der Waals surface area contributed by atoms with Crippen molar-refractivity contribution in [2.24, 2.45) is 0 Å². The van der Waals surface area contributed by atoms with E-state index in [1.54, 1.807) is 26.1 Å². The van der Waals surface area contributed by atoms with Crippen molar-refractivity contribution < 1.29 is 13.5 Å². The van der Waals surface area contributed by atoms with Crippen LogP contribution in [-0.2, 0) is 6.54 Å². The molecular formula is C15H14ClF2NO. The van der Waals surface area contributed by atoms with Crippen molar-refractivity contribution in [3.8, 4) is 11.5 Å². The van der Waals surface area contributed by atoms with E-state index in [1.165, 1.54) is 18.2 Å². The molecule has 2 aromatic carbocycles. The van der Waals surface area contributed by atoms with Gasteiger partial charge in [0.25, 0.3) is 0 Å². The number of hydrogen-bond donors (Lipinski definition) is 1. The summed E-state index contributed by atoms with van der Waals surface area (Å²) in [7, 11) is 1.70.